The van der Waals surface area contributed by atoms with Crippen molar-refractivity contribution < 1.29 is 9.59 Å². The van der Waals surface area contributed by atoms with E-state index in [9.17, 15) is 9.59 Å². The number of carbonyl (C=O) groups is 2. The van der Waals surface area contributed by atoms with Gasteiger partial charge in [0.1, 0.15) is 0 Å². The topological polar surface area (TPSA) is 70.0 Å². The van der Waals surface area contributed by atoms with Gasteiger partial charge in [-0.15, -0.1) is 11.3 Å². The summed E-state index contributed by atoms with van der Waals surface area (Å²) in [4.78, 5) is 33.9. The van der Waals surface area contributed by atoms with Crippen LogP contribution in [0.25, 0.3) is 4.96 Å². The van der Waals surface area contributed by atoms with E-state index in [2.05, 4.69) is 15.2 Å². The van der Waals surface area contributed by atoms with Gasteiger partial charge in [0.2, 0.25) is 5.91 Å². The Morgan fingerprint density at radius 2 is 2.12 bits per heavy atom. The molecule has 4 rings (SSSR count). The molecule has 0 spiro atoms. The molecule has 8 heteroatoms. The standard InChI is InChI=1S/C17H23N5O2S/c1-12(23)18-13-4-7-20(10-13)11-14-15(16(24)21-5-2-3-6-21)19-17-22(14)8-9-25-17/h8-9,13H,2-7,10-11H2,1H3,(H,18,23)/t13-/m0/s1. The summed E-state index contributed by atoms with van der Waals surface area (Å²) in [6, 6.07) is 0.195. The van der Waals surface area contributed by atoms with Gasteiger partial charge < -0.3 is 10.2 Å². The number of likely N-dealkylation sites (tertiary alicyclic amines) is 2. The van der Waals surface area contributed by atoms with E-state index in [-0.39, 0.29) is 17.9 Å². The number of carbonyl (C=O) groups excluding carboxylic acids is 2. The quantitative estimate of drug-likeness (QED) is 0.892. The monoisotopic (exact) mass is 361 g/mol. The summed E-state index contributed by atoms with van der Waals surface area (Å²) in [6.07, 6.45) is 5.09. The molecule has 2 saturated heterocycles. The van der Waals surface area contributed by atoms with Crippen LogP contribution in [0.3, 0.4) is 0 Å². The van der Waals surface area contributed by atoms with Crippen LogP contribution >= 0.6 is 11.3 Å². The second-order valence-corrected chi connectivity index (χ2v) is 7.76. The van der Waals surface area contributed by atoms with Crippen LogP contribution in [-0.4, -0.2) is 63.2 Å². The maximum atomic E-state index is 12.9. The molecule has 0 aliphatic carbocycles. The van der Waals surface area contributed by atoms with Crippen molar-refractivity contribution in [2.45, 2.75) is 38.8 Å². The number of fused-ring (bicyclic) bond motifs is 1. The molecule has 2 aliphatic heterocycles. The predicted molar refractivity (Wildman–Crippen MR) is 95.7 cm³/mol. The number of nitrogens with zero attached hydrogens (tertiary/aromatic N) is 4. The first kappa shape index (κ1) is 16.5. The highest BCUT2D eigenvalue weighted by atomic mass is 32.1. The van der Waals surface area contributed by atoms with E-state index in [0.29, 0.717) is 12.2 Å². The van der Waals surface area contributed by atoms with E-state index in [1.54, 1.807) is 18.3 Å². The molecule has 4 heterocycles. The first-order valence-electron chi connectivity index (χ1n) is 8.85. The molecule has 0 aromatic carbocycles. The van der Waals surface area contributed by atoms with Gasteiger partial charge in [-0.2, -0.15) is 0 Å². The average Bonchev–Trinajstić information content (AvgIpc) is 3.32. The molecule has 25 heavy (non-hydrogen) atoms. The molecule has 2 aromatic rings. The lowest BCUT2D eigenvalue weighted by atomic mass is 10.2. The van der Waals surface area contributed by atoms with E-state index in [1.165, 1.54) is 0 Å². The molecule has 2 amide bonds. The fourth-order valence-electron chi connectivity index (χ4n) is 3.82. The SMILES string of the molecule is CC(=O)N[C@H]1CCN(Cc2c(C(=O)N3CCCC3)nc3sccn23)C1. The van der Waals surface area contributed by atoms with Crippen LogP contribution in [0.2, 0.25) is 0 Å². The van der Waals surface area contributed by atoms with Gasteiger partial charge in [0.05, 0.1) is 5.69 Å². The highest BCUT2D eigenvalue weighted by molar-refractivity contribution is 7.15. The number of rotatable bonds is 4. The van der Waals surface area contributed by atoms with Crippen LogP contribution in [0.4, 0.5) is 0 Å². The van der Waals surface area contributed by atoms with E-state index in [0.717, 1.165) is 56.1 Å². The van der Waals surface area contributed by atoms with Gasteiger partial charge in [0.25, 0.3) is 5.91 Å². The van der Waals surface area contributed by atoms with Gasteiger partial charge in [-0.3, -0.25) is 18.9 Å². The Balaban J connectivity index is 1.56. The van der Waals surface area contributed by atoms with Gasteiger partial charge in [0.15, 0.2) is 10.7 Å². The summed E-state index contributed by atoms with van der Waals surface area (Å²) in [5, 5.41) is 4.99. The Morgan fingerprint density at radius 3 is 2.88 bits per heavy atom. The van der Waals surface area contributed by atoms with E-state index < -0.39 is 0 Å². The van der Waals surface area contributed by atoms with Crippen molar-refractivity contribution in [2.24, 2.45) is 0 Å². The third-order valence-corrected chi connectivity index (χ3v) is 5.77. The van der Waals surface area contributed by atoms with E-state index >= 15 is 0 Å². The summed E-state index contributed by atoms with van der Waals surface area (Å²) in [7, 11) is 0. The Hall–Kier alpha value is -1.93. The molecule has 2 fully saturated rings. The van der Waals surface area contributed by atoms with Gasteiger partial charge >= 0.3 is 0 Å². The van der Waals surface area contributed by atoms with Crippen LogP contribution < -0.4 is 5.32 Å². The van der Waals surface area contributed by atoms with Crippen molar-refractivity contribution in [2.75, 3.05) is 26.2 Å². The van der Waals surface area contributed by atoms with Gasteiger partial charge in [-0.05, 0) is 19.3 Å². The van der Waals surface area contributed by atoms with Crippen LogP contribution in [0, 0.1) is 0 Å². The van der Waals surface area contributed by atoms with Crippen molar-refractivity contribution >= 4 is 28.1 Å². The lowest BCUT2D eigenvalue weighted by molar-refractivity contribution is -0.119. The molecular weight excluding hydrogens is 338 g/mol. The smallest absolute Gasteiger partial charge is 0.274 e. The van der Waals surface area contributed by atoms with Crippen molar-refractivity contribution in [3.8, 4) is 0 Å². The molecule has 7 nitrogen and oxygen atoms in total. The highest BCUT2D eigenvalue weighted by Crippen LogP contribution is 2.23. The molecule has 1 atom stereocenters. The zero-order chi connectivity index (χ0) is 17.4. The third kappa shape index (κ3) is 3.28. The summed E-state index contributed by atoms with van der Waals surface area (Å²) >= 11 is 1.55. The van der Waals surface area contributed by atoms with E-state index in [4.69, 9.17) is 0 Å². The fraction of sp³-hybridized carbons (Fsp3) is 0.588. The maximum absolute atomic E-state index is 12.9. The van der Waals surface area contributed by atoms with Crippen molar-refractivity contribution in [1.82, 2.24) is 24.5 Å². The zero-order valence-electron chi connectivity index (χ0n) is 14.4. The molecular formula is C17H23N5O2S. The number of aromatic nitrogens is 2. The van der Waals surface area contributed by atoms with Crippen molar-refractivity contribution in [3.63, 3.8) is 0 Å². The molecule has 0 bridgehead atoms. The Labute approximate surface area is 150 Å². The van der Waals surface area contributed by atoms with Gasteiger partial charge in [-0.1, -0.05) is 0 Å². The fourth-order valence-corrected chi connectivity index (χ4v) is 4.55. The average molecular weight is 361 g/mol. The number of nitrogens with one attached hydrogen (secondary N) is 1. The van der Waals surface area contributed by atoms with Crippen LogP contribution in [0.5, 0.6) is 0 Å². The second-order valence-electron chi connectivity index (χ2n) is 6.88. The number of hydrogen-bond acceptors (Lipinski definition) is 5. The minimum atomic E-state index is 0.0151. The van der Waals surface area contributed by atoms with Gasteiger partial charge in [-0.25, -0.2) is 4.98 Å². The first-order valence-corrected chi connectivity index (χ1v) is 9.73. The number of imidazole rings is 1. The Kier molecular flexibility index (Phi) is 4.47. The maximum Gasteiger partial charge on any atom is 0.274 e. The molecule has 0 unspecified atom stereocenters. The Morgan fingerprint density at radius 1 is 1.32 bits per heavy atom. The largest absolute Gasteiger partial charge is 0.352 e. The number of hydrogen-bond donors (Lipinski definition) is 1. The summed E-state index contributed by atoms with van der Waals surface area (Å²) in [5.74, 6) is 0.0716. The second kappa shape index (κ2) is 6.76. The van der Waals surface area contributed by atoms with Gasteiger partial charge in [0, 0.05) is 57.3 Å². The minimum Gasteiger partial charge on any atom is -0.352 e. The highest BCUT2D eigenvalue weighted by Gasteiger charge is 2.29. The summed E-state index contributed by atoms with van der Waals surface area (Å²) in [5.41, 5.74) is 1.56. The van der Waals surface area contributed by atoms with Crippen LogP contribution in [0.15, 0.2) is 11.6 Å². The lowest BCUT2D eigenvalue weighted by Crippen LogP contribution is -2.35. The molecule has 2 aliphatic rings. The Bertz CT molecular complexity index is 792. The number of thiazole rings is 1. The van der Waals surface area contributed by atoms with Crippen molar-refractivity contribution in [3.05, 3.63) is 23.0 Å². The number of amides is 2. The molecule has 1 N–H and O–H groups in total. The molecule has 134 valence electrons. The zero-order valence-corrected chi connectivity index (χ0v) is 15.2. The van der Waals surface area contributed by atoms with Crippen molar-refractivity contribution in [1.29, 1.82) is 0 Å². The molecule has 0 radical (unpaired) electrons. The summed E-state index contributed by atoms with van der Waals surface area (Å²) in [6.45, 7) is 5.63. The minimum absolute atomic E-state index is 0.0151. The van der Waals surface area contributed by atoms with E-state index in [1.807, 2.05) is 20.9 Å². The summed E-state index contributed by atoms with van der Waals surface area (Å²) < 4.78 is 2.04. The molecule has 0 saturated carbocycles. The normalized spacial score (nSPS) is 21.3. The van der Waals surface area contributed by atoms with Crippen LogP contribution in [0.1, 0.15) is 42.4 Å². The predicted octanol–water partition coefficient (Wildman–Crippen LogP) is 1.34. The molecule has 2 aromatic heterocycles. The lowest BCUT2D eigenvalue weighted by Gasteiger charge is -2.18. The van der Waals surface area contributed by atoms with Crippen LogP contribution in [-0.2, 0) is 11.3 Å². The third-order valence-electron chi connectivity index (χ3n) is 5.01. The first-order chi connectivity index (χ1) is 12.1.